The molecule has 1 fully saturated rings. The van der Waals surface area contributed by atoms with Gasteiger partial charge in [0.05, 0.1) is 21.4 Å². The van der Waals surface area contributed by atoms with Crippen LogP contribution >= 0.6 is 23.2 Å². The van der Waals surface area contributed by atoms with Crippen LogP contribution in [0.1, 0.15) is 25.7 Å². The SMILES string of the molecule is Clc1cccc(Cl)c1Nc1cc(-c2ccccc2)nc(NC2CCCC2)n1. The Morgan fingerprint density at radius 2 is 1.56 bits per heavy atom. The maximum atomic E-state index is 6.31. The second-order valence-electron chi connectivity index (χ2n) is 6.68. The van der Waals surface area contributed by atoms with Crippen LogP contribution in [0.4, 0.5) is 17.5 Å². The van der Waals surface area contributed by atoms with Crippen LogP contribution in [0.15, 0.2) is 54.6 Å². The summed E-state index contributed by atoms with van der Waals surface area (Å²) in [5.74, 6) is 1.27. The number of aromatic nitrogens is 2. The standard InChI is InChI=1S/C21H20Cl2N4/c22-16-11-6-12-17(23)20(16)26-19-13-18(14-7-2-1-3-8-14)25-21(27-19)24-15-9-4-5-10-15/h1-3,6-8,11-13,15H,4-5,9-10H2,(H2,24,25,26,27). The van der Waals surface area contributed by atoms with Crippen molar-refractivity contribution < 1.29 is 0 Å². The smallest absolute Gasteiger partial charge is 0.225 e. The van der Waals surface area contributed by atoms with Gasteiger partial charge < -0.3 is 10.6 Å². The third kappa shape index (κ3) is 4.34. The summed E-state index contributed by atoms with van der Waals surface area (Å²) in [7, 11) is 0. The van der Waals surface area contributed by atoms with Crippen molar-refractivity contribution >= 4 is 40.7 Å². The van der Waals surface area contributed by atoms with Crippen molar-refractivity contribution in [2.45, 2.75) is 31.7 Å². The largest absolute Gasteiger partial charge is 0.351 e. The highest BCUT2D eigenvalue weighted by Crippen LogP contribution is 2.33. The van der Waals surface area contributed by atoms with Crippen molar-refractivity contribution in [3.05, 3.63) is 64.6 Å². The van der Waals surface area contributed by atoms with E-state index in [-0.39, 0.29) is 0 Å². The maximum absolute atomic E-state index is 6.31. The molecule has 6 heteroatoms. The van der Waals surface area contributed by atoms with E-state index in [1.54, 1.807) is 12.1 Å². The molecule has 0 aliphatic heterocycles. The number of nitrogens with one attached hydrogen (secondary N) is 2. The average molecular weight is 399 g/mol. The predicted molar refractivity (Wildman–Crippen MR) is 113 cm³/mol. The van der Waals surface area contributed by atoms with Gasteiger partial charge in [0.25, 0.3) is 0 Å². The van der Waals surface area contributed by atoms with Gasteiger partial charge in [-0.15, -0.1) is 0 Å². The molecule has 3 aromatic rings. The number of hydrogen-bond donors (Lipinski definition) is 2. The van der Waals surface area contributed by atoms with Crippen molar-refractivity contribution in [2.24, 2.45) is 0 Å². The van der Waals surface area contributed by atoms with Crippen molar-refractivity contribution in [3.8, 4) is 11.3 Å². The number of para-hydroxylation sites is 1. The van der Waals surface area contributed by atoms with E-state index in [2.05, 4.69) is 15.6 Å². The quantitative estimate of drug-likeness (QED) is 0.511. The first kappa shape index (κ1) is 18.1. The highest BCUT2D eigenvalue weighted by molar-refractivity contribution is 6.39. The van der Waals surface area contributed by atoms with Gasteiger partial charge in [0.1, 0.15) is 5.82 Å². The van der Waals surface area contributed by atoms with Crippen molar-refractivity contribution in [1.82, 2.24) is 9.97 Å². The lowest BCUT2D eigenvalue weighted by Gasteiger charge is -2.16. The van der Waals surface area contributed by atoms with E-state index in [1.165, 1.54) is 12.8 Å². The Morgan fingerprint density at radius 1 is 0.852 bits per heavy atom. The number of benzene rings is 2. The molecule has 1 aromatic heterocycles. The molecule has 0 radical (unpaired) electrons. The van der Waals surface area contributed by atoms with Gasteiger partial charge in [-0.25, -0.2) is 4.98 Å². The lowest BCUT2D eigenvalue weighted by atomic mass is 10.1. The summed E-state index contributed by atoms with van der Waals surface area (Å²) in [6.07, 6.45) is 4.79. The molecular weight excluding hydrogens is 379 g/mol. The van der Waals surface area contributed by atoms with Crippen molar-refractivity contribution in [2.75, 3.05) is 10.6 Å². The van der Waals surface area contributed by atoms with Crippen LogP contribution in [-0.2, 0) is 0 Å². The van der Waals surface area contributed by atoms with Crippen LogP contribution in [-0.4, -0.2) is 16.0 Å². The molecule has 1 saturated carbocycles. The molecule has 0 spiro atoms. The first-order valence-corrected chi connectivity index (χ1v) is 9.87. The van der Waals surface area contributed by atoms with Gasteiger partial charge in [0.15, 0.2) is 0 Å². The third-order valence-corrected chi connectivity index (χ3v) is 5.33. The normalized spacial score (nSPS) is 14.3. The van der Waals surface area contributed by atoms with Crippen LogP contribution in [0.5, 0.6) is 0 Å². The highest BCUT2D eigenvalue weighted by atomic mass is 35.5. The van der Waals surface area contributed by atoms with Crippen LogP contribution < -0.4 is 10.6 Å². The average Bonchev–Trinajstić information content (AvgIpc) is 3.18. The summed E-state index contributed by atoms with van der Waals surface area (Å²) >= 11 is 12.6. The Hall–Kier alpha value is -2.30. The van der Waals surface area contributed by atoms with E-state index < -0.39 is 0 Å². The van der Waals surface area contributed by atoms with E-state index in [0.717, 1.165) is 24.1 Å². The fraction of sp³-hybridized carbons (Fsp3) is 0.238. The minimum absolute atomic E-state index is 0.424. The van der Waals surface area contributed by atoms with Gasteiger partial charge in [0.2, 0.25) is 5.95 Å². The molecule has 2 aromatic carbocycles. The monoisotopic (exact) mass is 398 g/mol. The maximum Gasteiger partial charge on any atom is 0.225 e. The number of anilines is 3. The molecular formula is C21H20Cl2N4. The first-order chi connectivity index (χ1) is 13.2. The van der Waals surface area contributed by atoms with E-state index in [9.17, 15) is 0 Å². The highest BCUT2D eigenvalue weighted by Gasteiger charge is 2.17. The predicted octanol–water partition coefficient (Wildman–Crippen LogP) is 6.55. The summed E-state index contributed by atoms with van der Waals surface area (Å²) in [4.78, 5) is 9.37. The van der Waals surface area contributed by atoms with Gasteiger partial charge in [0, 0.05) is 17.7 Å². The van der Waals surface area contributed by atoms with Gasteiger partial charge in [-0.05, 0) is 25.0 Å². The number of hydrogen-bond acceptors (Lipinski definition) is 4. The van der Waals surface area contributed by atoms with E-state index in [1.807, 2.05) is 42.5 Å². The zero-order valence-corrected chi connectivity index (χ0v) is 16.3. The summed E-state index contributed by atoms with van der Waals surface area (Å²) in [6, 6.07) is 17.8. The van der Waals surface area contributed by atoms with E-state index in [4.69, 9.17) is 28.2 Å². The molecule has 0 atom stereocenters. The van der Waals surface area contributed by atoms with Crippen molar-refractivity contribution in [1.29, 1.82) is 0 Å². The second-order valence-corrected chi connectivity index (χ2v) is 7.49. The molecule has 0 unspecified atom stereocenters. The van der Waals surface area contributed by atoms with E-state index >= 15 is 0 Å². The topological polar surface area (TPSA) is 49.8 Å². The molecule has 27 heavy (non-hydrogen) atoms. The molecule has 4 rings (SSSR count). The summed E-state index contributed by atoms with van der Waals surface area (Å²) in [5, 5.41) is 7.84. The number of halogens is 2. The molecule has 0 amide bonds. The van der Waals surface area contributed by atoms with Gasteiger partial charge in [-0.1, -0.05) is 72.4 Å². The van der Waals surface area contributed by atoms with Crippen LogP contribution in [0.25, 0.3) is 11.3 Å². The lowest BCUT2D eigenvalue weighted by molar-refractivity contribution is 0.744. The van der Waals surface area contributed by atoms with Gasteiger partial charge >= 0.3 is 0 Å². The number of rotatable bonds is 5. The third-order valence-electron chi connectivity index (χ3n) is 4.70. The Kier molecular flexibility index (Phi) is 5.46. The zero-order chi connectivity index (χ0) is 18.6. The second kappa shape index (κ2) is 8.15. The Morgan fingerprint density at radius 3 is 2.26 bits per heavy atom. The fourth-order valence-corrected chi connectivity index (χ4v) is 3.82. The lowest BCUT2D eigenvalue weighted by Crippen LogP contribution is -2.17. The summed E-state index contributed by atoms with van der Waals surface area (Å²) < 4.78 is 0. The molecule has 2 N–H and O–H groups in total. The van der Waals surface area contributed by atoms with E-state index in [0.29, 0.717) is 33.5 Å². The summed E-state index contributed by atoms with van der Waals surface area (Å²) in [6.45, 7) is 0. The Balaban J connectivity index is 1.71. The van der Waals surface area contributed by atoms with Crippen LogP contribution in [0, 0.1) is 0 Å². The minimum Gasteiger partial charge on any atom is -0.351 e. The summed E-state index contributed by atoms with van der Waals surface area (Å²) in [5.41, 5.74) is 2.52. The fourth-order valence-electron chi connectivity index (χ4n) is 3.33. The molecule has 4 nitrogen and oxygen atoms in total. The molecule has 0 saturated heterocycles. The molecule has 0 bridgehead atoms. The van der Waals surface area contributed by atoms with Crippen LogP contribution in [0.2, 0.25) is 10.0 Å². The van der Waals surface area contributed by atoms with Gasteiger partial charge in [-0.3, -0.25) is 0 Å². The van der Waals surface area contributed by atoms with Crippen LogP contribution in [0.3, 0.4) is 0 Å². The number of nitrogens with zero attached hydrogens (tertiary/aromatic N) is 2. The first-order valence-electron chi connectivity index (χ1n) is 9.11. The van der Waals surface area contributed by atoms with Crippen molar-refractivity contribution in [3.63, 3.8) is 0 Å². The molecule has 1 aliphatic rings. The Bertz CT molecular complexity index is 904. The Labute approximate surface area is 169 Å². The zero-order valence-electron chi connectivity index (χ0n) is 14.8. The molecule has 1 heterocycles. The van der Waals surface area contributed by atoms with Gasteiger partial charge in [-0.2, -0.15) is 4.98 Å². The molecule has 1 aliphatic carbocycles. The minimum atomic E-state index is 0.424. The molecule has 138 valence electrons.